The van der Waals surface area contributed by atoms with Crippen LogP contribution in [0.3, 0.4) is 0 Å². The van der Waals surface area contributed by atoms with E-state index in [1.165, 1.54) is 64.2 Å². The molecule has 16 heavy (non-hydrogen) atoms. The number of hydrogen-bond acceptors (Lipinski definition) is 1. The first-order valence-corrected chi connectivity index (χ1v) is 7.46. The summed E-state index contributed by atoms with van der Waals surface area (Å²) in [5, 5.41) is 0. The van der Waals surface area contributed by atoms with E-state index < -0.39 is 0 Å². The monoisotopic (exact) mass is 226 g/mol. The Bertz CT molecular complexity index is 156. The average molecular weight is 226 g/mol. The molecule has 0 radical (unpaired) electrons. The van der Waals surface area contributed by atoms with Gasteiger partial charge in [-0.1, -0.05) is 58.3 Å². The summed E-state index contributed by atoms with van der Waals surface area (Å²) in [6, 6.07) is 0. The second-order valence-corrected chi connectivity index (χ2v) is 5.38. The van der Waals surface area contributed by atoms with E-state index in [0.29, 0.717) is 6.10 Å². The lowest BCUT2D eigenvalue weighted by Gasteiger charge is -2.24. The second kappa shape index (κ2) is 9.04. The molecule has 0 spiro atoms. The molecule has 0 saturated heterocycles. The molecule has 0 aromatic rings. The Kier molecular flexibility index (Phi) is 7.92. The van der Waals surface area contributed by atoms with Crippen molar-refractivity contribution in [1.82, 2.24) is 0 Å². The smallest absolute Gasteiger partial charge is 0.0600 e. The molecule has 0 aromatic heterocycles. The molecule has 1 heteroatoms. The first-order valence-electron chi connectivity index (χ1n) is 7.46. The lowest BCUT2D eigenvalue weighted by Crippen LogP contribution is -2.22. The number of ether oxygens (including phenoxy) is 1. The van der Waals surface area contributed by atoms with E-state index in [9.17, 15) is 0 Å². The van der Waals surface area contributed by atoms with Gasteiger partial charge in [-0.3, -0.25) is 0 Å². The Labute approximate surface area is 102 Å². The van der Waals surface area contributed by atoms with E-state index in [-0.39, 0.29) is 0 Å². The van der Waals surface area contributed by atoms with Crippen molar-refractivity contribution in [2.45, 2.75) is 84.2 Å². The van der Waals surface area contributed by atoms with Crippen LogP contribution in [0.5, 0.6) is 0 Å². The Morgan fingerprint density at radius 3 is 1.88 bits per heavy atom. The molecule has 0 bridgehead atoms. The third kappa shape index (κ3) is 5.89. The van der Waals surface area contributed by atoms with E-state index in [1.54, 1.807) is 0 Å². The quantitative estimate of drug-likeness (QED) is 0.648. The Hall–Kier alpha value is -0.0400. The minimum Gasteiger partial charge on any atom is -0.378 e. The molecule has 0 heterocycles. The van der Waals surface area contributed by atoms with Gasteiger partial charge in [-0.15, -0.1) is 0 Å². The van der Waals surface area contributed by atoms with Crippen molar-refractivity contribution in [2.24, 2.45) is 5.92 Å². The third-order valence-electron chi connectivity index (χ3n) is 3.91. The zero-order valence-corrected chi connectivity index (χ0v) is 11.3. The van der Waals surface area contributed by atoms with Crippen LogP contribution < -0.4 is 0 Å². The predicted octanol–water partition coefficient (Wildman–Crippen LogP) is 4.94. The normalized spacial score (nSPS) is 30.4. The van der Waals surface area contributed by atoms with Gasteiger partial charge in [0.2, 0.25) is 0 Å². The summed E-state index contributed by atoms with van der Waals surface area (Å²) >= 11 is 0. The summed E-state index contributed by atoms with van der Waals surface area (Å²) in [7, 11) is 0. The lowest BCUT2D eigenvalue weighted by molar-refractivity contribution is 0.0143. The summed E-state index contributed by atoms with van der Waals surface area (Å²) in [5.41, 5.74) is 0. The number of rotatable bonds is 2. The van der Waals surface area contributed by atoms with Crippen LogP contribution in [0.1, 0.15) is 78.1 Å². The fraction of sp³-hybridized carbons (Fsp3) is 1.00. The molecule has 0 amide bonds. The summed E-state index contributed by atoms with van der Waals surface area (Å²) in [5.74, 6) is 0.763. The van der Waals surface area contributed by atoms with Gasteiger partial charge in [-0.2, -0.15) is 0 Å². The largest absolute Gasteiger partial charge is 0.378 e. The van der Waals surface area contributed by atoms with Gasteiger partial charge < -0.3 is 4.74 Å². The van der Waals surface area contributed by atoms with Crippen LogP contribution in [0.2, 0.25) is 0 Å². The molecule has 2 atom stereocenters. The van der Waals surface area contributed by atoms with Crippen molar-refractivity contribution in [3.05, 3.63) is 0 Å². The van der Waals surface area contributed by atoms with E-state index in [1.807, 2.05) is 0 Å². The fourth-order valence-corrected chi connectivity index (χ4v) is 2.80. The Morgan fingerprint density at radius 2 is 1.31 bits per heavy atom. The van der Waals surface area contributed by atoms with Crippen LogP contribution in [0, 0.1) is 5.92 Å². The molecule has 1 rings (SSSR count). The zero-order valence-electron chi connectivity index (χ0n) is 11.3. The molecular weight excluding hydrogens is 196 g/mol. The molecule has 0 aromatic carbocycles. The van der Waals surface area contributed by atoms with E-state index in [0.717, 1.165) is 12.5 Å². The van der Waals surface area contributed by atoms with Gasteiger partial charge in [-0.05, 0) is 25.7 Å². The van der Waals surface area contributed by atoms with Crippen molar-refractivity contribution in [2.75, 3.05) is 6.61 Å². The Morgan fingerprint density at radius 1 is 0.812 bits per heavy atom. The highest BCUT2D eigenvalue weighted by Crippen LogP contribution is 2.23. The molecule has 1 nitrogen and oxygen atoms in total. The summed E-state index contributed by atoms with van der Waals surface area (Å²) in [6.07, 6.45) is 14.6. The predicted molar refractivity (Wildman–Crippen MR) is 70.7 cm³/mol. The van der Waals surface area contributed by atoms with Gasteiger partial charge in [0.05, 0.1) is 6.10 Å². The highest BCUT2D eigenvalue weighted by Gasteiger charge is 2.17. The summed E-state index contributed by atoms with van der Waals surface area (Å²) in [4.78, 5) is 0. The highest BCUT2D eigenvalue weighted by atomic mass is 16.5. The minimum absolute atomic E-state index is 0.532. The van der Waals surface area contributed by atoms with Gasteiger partial charge in [0, 0.05) is 6.61 Å². The molecule has 1 aliphatic rings. The maximum Gasteiger partial charge on any atom is 0.0600 e. The summed E-state index contributed by atoms with van der Waals surface area (Å²) in [6.45, 7) is 5.39. The second-order valence-electron chi connectivity index (χ2n) is 5.38. The van der Waals surface area contributed by atoms with Crippen molar-refractivity contribution in [3.63, 3.8) is 0 Å². The fourth-order valence-electron chi connectivity index (χ4n) is 2.80. The summed E-state index contributed by atoms with van der Waals surface area (Å²) < 4.78 is 5.90. The van der Waals surface area contributed by atoms with Crippen LogP contribution in [-0.4, -0.2) is 12.7 Å². The maximum absolute atomic E-state index is 5.90. The van der Waals surface area contributed by atoms with E-state index in [4.69, 9.17) is 4.74 Å². The van der Waals surface area contributed by atoms with E-state index >= 15 is 0 Å². The van der Waals surface area contributed by atoms with Crippen molar-refractivity contribution >= 4 is 0 Å². The van der Waals surface area contributed by atoms with Crippen molar-refractivity contribution in [1.29, 1.82) is 0 Å². The minimum atomic E-state index is 0.532. The Balaban J connectivity index is 2.33. The molecule has 0 aliphatic heterocycles. The van der Waals surface area contributed by atoms with Gasteiger partial charge in [0.25, 0.3) is 0 Å². The lowest BCUT2D eigenvalue weighted by atomic mass is 9.92. The third-order valence-corrected chi connectivity index (χ3v) is 3.91. The van der Waals surface area contributed by atoms with Crippen molar-refractivity contribution < 1.29 is 4.74 Å². The average Bonchev–Trinajstić information content (AvgIpc) is 2.28. The highest BCUT2D eigenvalue weighted by molar-refractivity contribution is 4.68. The molecule has 96 valence electrons. The topological polar surface area (TPSA) is 9.23 Å². The van der Waals surface area contributed by atoms with Gasteiger partial charge in [-0.25, -0.2) is 0 Å². The number of hydrogen-bond donors (Lipinski definition) is 0. The maximum atomic E-state index is 5.90. The molecule has 0 unspecified atom stereocenters. The molecule has 1 fully saturated rings. The first-order chi connectivity index (χ1) is 7.84. The molecule has 1 saturated carbocycles. The standard InChI is InChI=1S/C15H30O/c1-3-16-15-13-11-9-7-5-4-6-8-10-12-14(15)2/h14-15H,3-13H2,1-2H3/t14-,15+/m0/s1. The van der Waals surface area contributed by atoms with Crippen molar-refractivity contribution in [3.8, 4) is 0 Å². The van der Waals surface area contributed by atoms with Crippen LogP contribution >= 0.6 is 0 Å². The van der Waals surface area contributed by atoms with Crippen LogP contribution in [0.25, 0.3) is 0 Å². The first kappa shape index (κ1) is 14.0. The van der Waals surface area contributed by atoms with Gasteiger partial charge in [0.1, 0.15) is 0 Å². The van der Waals surface area contributed by atoms with Gasteiger partial charge >= 0.3 is 0 Å². The molecular formula is C15H30O. The van der Waals surface area contributed by atoms with Crippen LogP contribution in [0.4, 0.5) is 0 Å². The molecule has 0 N–H and O–H groups in total. The van der Waals surface area contributed by atoms with Crippen LogP contribution in [0.15, 0.2) is 0 Å². The van der Waals surface area contributed by atoms with Gasteiger partial charge in [0.15, 0.2) is 0 Å². The van der Waals surface area contributed by atoms with E-state index in [2.05, 4.69) is 13.8 Å². The van der Waals surface area contributed by atoms with Crippen LogP contribution in [-0.2, 0) is 4.74 Å². The molecule has 1 aliphatic carbocycles. The zero-order chi connectivity index (χ0) is 11.6. The SMILES string of the molecule is CCO[C@@H]1CCCCCCCCCC[C@@H]1C.